The van der Waals surface area contributed by atoms with Gasteiger partial charge in [0.2, 0.25) is 0 Å². The minimum absolute atomic E-state index is 0.237. The topological polar surface area (TPSA) is 75.1 Å². The molecule has 0 saturated heterocycles. The van der Waals surface area contributed by atoms with Crippen molar-refractivity contribution in [2.24, 2.45) is 0 Å². The highest BCUT2D eigenvalue weighted by molar-refractivity contribution is 5.89. The van der Waals surface area contributed by atoms with E-state index in [9.17, 15) is 4.79 Å². The Balaban J connectivity index is 1.95. The van der Waals surface area contributed by atoms with Gasteiger partial charge in [-0.25, -0.2) is 4.98 Å². The lowest BCUT2D eigenvalue weighted by Crippen LogP contribution is -2.19. The molecule has 104 valence electrons. The van der Waals surface area contributed by atoms with E-state index < -0.39 is 0 Å². The van der Waals surface area contributed by atoms with Crippen molar-refractivity contribution in [1.82, 2.24) is 4.98 Å². The number of benzene rings is 1. The Morgan fingerprint density at radius 2 is 2.05 bits per heavy atom. The number of hydrogen-bond acceptors (Lipinski definition) is 5. The molecule has 1 aliphatic rings. The molecule has 0 spiro atoms. The second kappa shape index (κ2) is 5.58. The van der Waals surface area contributed by atoms with Gasteiger partial charge in [-0.1, -0.05) is 12.1 Å². The smallest absolute Gasteiger partial charge is 0.173 e. The second-order valence-electron chi connectivity index (χ2n) is 4.59. The molecular weight excluding hydrogens is 266 g/mol. The largest absolute Gasteiger partial charge is 0.446 e. The fraction of sp³-hybridized carbons (Fsp3) is 0.0625. The van der Waals surface area contributed by atoms with E-state index >= 15 is 0 Å². The molecule has 0 amide bonds. The van der Waals surface area contributed by atoms with Gasteiger partial charge in [0, 0.05) is 17.3 Å². The first-order chi connectivity index (χ1) is 10.3. The zero-order valence-corrected chi connectivity index (χ0v) is 11.1. The van der Waals surface area contributed by atoms with Crippen LogP contribution in [0.2, 0.25) is 0 Å². The van der Waals surface area contributed by atoms with Crippen LogP contribution in [0, 0.1) is 5.41 Å². The molecule has 0 fully saturated rings. The first-order valence-electron chi connectivity index (χ1n) is 6.45. The molecule has 21 heavy (non-hydrogen) atoms. The number of nitrogens with zero attached hydrogens (tertiary/aromatic N) is 1. The maximum Gasteiger partial charge on any atom is 0.173 e. The van der Waals surface area contributed by atoms with Gasteiger partial charge in [-0.15, -0.1) is 0 Å². The van der Waals surface area contributed by atoms with Crippen molar-refractivity contribution in [2.45, 2.75) is 6.04 Å². The molecule has 1 unspecified atom stereocenters. The maximum atomic E-state index is 11.3. The van der Waals surface area contributed by atoms with Crippen molar-refractivity contribution in [2.75, 3.05) is 5.32 Å². The molecule has 0 bridgehead atoms. The van der Waals surface area contributed by atoms with Crippen LogP contribution in [0.3, 0.4) is 0 Å². The standard InChI is InChI=1S/C16H13N3O2/c17-10-21-14-5-3-11(4-6-14)15-13(9-20)8-12-2-1-7-18-16(12)19-15/h1-10,15,17H,(H,18,19). The van der Waals surface area contributed by atoms with Crippen LogP contribution in [0.5, 0.6) is 5.75 Å². The van der Waals surface area contributed by atoms with Crippen LogP contribution in [-0.4, -0.2) is 17.7 Å². The molecule has 5 nitrogen and oxygen atoms in total. The van der Waals surface area contributed by atoms with Gasteiger partial charge in [0.1, 0.15) is 17.9 Å². The van der Waals surface area contributed by atoms with Crippen molar-refractivity contribution in [1.29, 1.82) is 5.41 Å². The van der Waals surface area contributed by atoms with Gasteiger partial charge in [0.15, 0.2) is 6.40 Å². The Hall–Kier alpha value is -2.95. The van der Waals surface area contributed by atoms with E-state index in [0.29, 0.717) is 11.3 Å². The average molecular weight is 279 g/mol. The highest BCUT2D eigenvalue weighted by Gasteiger charge is 2.22. The summed E-state index contributed by atoms with van der Waals surface area (Å²) in [6.07, 6.45) is 5.29. The Morgan fingerprint density at radius 1 is 1.24 bits per heavy atom. The summed E-state index contributed by atoms with van der Waals surface area (Å²) in [6, 6.07) is 10.8. The van der Waals surface area contributed by atoms with Crippen LogP contribution in [0.4, 0.5) is 5.82 Å². The number of hydrogen-bond donors (Lipinski definition) is 2. The summed E-state index contributed by atoms with van der Waals surface area (Å²) in [7, 11) is 0. The number of ether oxygens (including phenoxy) is 1. The minimum Gasteiger partial charge on any atom is -0.446 e. The van der Waals surface area contributed by atoms with E-state index in [-0.39, 0.29) is 6.04 Å². The van der Waals surface area contributed by atoms with E-state index in [2.05, 4.69) is 10.3 Å². The first-order valence-corrected chi connectivity index (χ1v) is 6.45. The molecular formula is C16H13N3O2. The third kappa shape index (κ3) is 2.53. The monoisotopic (exact) mass is 279 g/mol. The zero-order valence-electron chi connectivity index (χ0n) is 11.1. The summed E-state index contributed by atoms with van der Waals surface area (Å²) in [4.78, 5) is 15.6. The molecule has 1 aromatic carbocycles. The van der Waals surface area contributed by atoms with Crippen LogP contribution in [-0.2, 0) is 4.79 Å². The van der Waals surface area contributed by atoms with E-state index in [0.717, 1.165) is 29.6 Å². The SMILES string of the molecule is N=COc1ccc(C2Nc3ncccc3C=C2C=O)cc1. The molecule has 2 N–H and O–H groups in total. The number of aldehydes is 1. The van der Waals surface area contributed by atoms with Crippen molar-refractivity contribution in [3.05, 3.63) is 59.3 Å². The normalized spacial score (nSPS) is 16.2. The number of carbonyl (C=O) groups excluding carboxylic acids is 1. The van der Waals surface area contributed by atoms with Gasteiger partial charge in [-0.2, -0.15) is 0 Å². The van der Waals surface area contributed by atoms with Gasteiger partial charge in [-0.3, -0.25) is 10.2 Å². The Labute approximate surface area is 121 Å². The predicted molar refractivity (Wildman–Crippen MR) is 80.5 cm³/mol. The number of rotatable bonds is 4. The summed E-state index contributed by atoms with van der Waals surface area (Å²) in [5, 5.41) is 10.2. The Kier molecular flexibility index (Phi) is 3.47. The Morgan fingerprint density at radius 3 is 2.76 bits per heavy atom. The number of anilines is 1. The molecule has 2 aromatic rings. The third-order valence-electron chi connectivity index (χ3n) is 3.32. The van der Waals surface area contributed by atoms with Crippen molar-refractivity contribution in [3.63, 3.8) is 0 Å². The van der Waals surface area contributed by atoms with Crippen molar-refractivity contribution in [3.8, 4) is 5.75 Å². The van der Waals surface area contributed by atoms with Crippen LogP contribution in [0.1, 0.15) is 17.2 Å². The van der Waals surface area contributed by atoms with Gasteiger partial charge < -0.3 is 10.1 Å². The van der Waals surface area contributed by atoms with Crippen LogP contribution < -0.4 is 10.1 Å². The molecule has 3 rings (SSSR count). The molecule has 0 radical (unpaired) electrons. The molecule has 2 heterocycles. The minimum atomic E-state index is -0.237. The summed E-state index contributed by atoms with van der Waals surface area (Å²) in [6.45, 7) is 0. The van der Waals surface area contributed by atoms with E-state index in [1.807, 2.05) is 30.3 Å². The number of nitrogens with one attached hydrogen (secondary N) is 2. The van der Waals surface area contributed by atoms with Crippen molar-refractivity contribution >= 4 is 24.6 Å². The van der Waals surface area contributed by atoms with Gasteiger partial charge >= 0.3 is 0 Å². The van der Waals surface area contributed by atoms with E-state index in [4.69, 9.17) is 10.1 Å². The lowest BCUT2D eigenvalue weighted by molar-refractivity contribution is -0.105. The van der Waals surface area contributed by atoms with Crippen LogP contribution >= 0.6 is 0 Å². The molecule has 5 heteroatoms. The summed E-state index contributed by atoms with van der Waals surface area (Å²) < 4.78 is 4.98. The summed E-state index contributed by atoms with van der Waals surface area (Å²) >= 11 is 0. The number of aromatic nitrogens is 1. The highest BCUT2D eigenvalue weighted by atomic mass is 16.5. The molecule has 1 atom stereocenters. The van der Waals surface area contributed by atoms with Crippen LogP contribution in [0.15, 0.2) is 48.2 Å². The zero-order chi connectivity index (χ0) is 14.7. The molecule has 0 saturated carbocycles. The van der Waals surface area contributed by atoms with Gasteiger partial charge in [0.25, 0.3) is 0 Å². The summed E-state index contributed by atoms with van der Waals surface area (Å²) in [5.74, 6) is 1.34. The second-order valence-corrected chi connectivity index (χ2v) is 4.59. The number of pyridine rings is 1. The molecule has 1 aromatic heterocycles. The third-order valence-corrected chi connectivity index (χ3v) is 3.32. The average Bonchev–Trinajstić information content (AvgIpc) is 2.54. The number of fused-ring (bicyclic) bond motifs is 1. The van der Waals surface area contributed by atoms with E-state index in [1.165, 1.54) is 0 Å². The fourth-order valence-corrected chi connectivity index (χ4v) is 2.32. The quantitative estimate of drug-likeness (QED) is 0.512. The first kappa shape index (κ1) is 13.1. The highest BCUT2D eigenvalue weighted by Crippen LogP contribution is 2.33. The Bertz CT molecular complexity index is 708. The molecule has 0 aliphatic carbocycles. The van der Waals surface area contributed by atoms with Crippen molar-refractivity contribution < 1.29 is 9.53 Å². The van der Waals surface area contributed by atoms with E-state index in [1.54, 1.807) is 18.3 Å². The number of carbonyl (C=O) groups is 1. The van der Waals surface area contributed by atoms with Gasteiger partial charge in [0.05, 0.1) is 6.04 Å². The lowest BCUT2D eigenvalue weighted by atomic mass is 9.94. The maximum absolute atomic E-state index is 11.3. The predicted octanol–water partition coefficient (Wildman–Crippen LogP) is 2.82. The summed E-state index contributed by atoms with van der Waals surface area (Å²) in [5.41, 5.74) is 2.48. The molecule has 1 aliphatic heterocycles. The van der Waals surface area contributed by atoms with Crippen LogP contribution in [0.25, 0.3) is 6.08 Å². The fourth-order valence-electron chi connectivity index (χ4n) is 2.32. The lowest BCUT2D eigenvalue weighted by Gasteiger charge is -2.25. The van der Waals surface area contributed by atoms with Gasteiger partial charge in [-0.05, 0) is 35.9 Å².